The van der Waals surface area contributed by atoms with Crippen LogP contribution >= 0.6 is 12.6 Å². The van der Waals surface area contributed by atoms with Crippen molar-refractivity contribution in [1.82, 2.24) is 19.7 Å². The van der Waals surface area contributed by atoms with E-state index in [2.05, 4.69) is 33.0 Å². The Bertz CT molecular complexity index is 798. The van der Waals surface area contributed by atoms with Gasteiger partial charge in [0.1, 0.15) is 5.82 Å². The molecule has 0 bridgehead atoms. The summed E-state index contributed by atoms with van der Waals surface area (Å²) in [7, 11) is 1.86. The lowest BCUT2D eigenvalue weighted by molar-refractivity contribution is 0.270. The van der Waals surface area contributed by atoms with Gasteiger partial charge in [0.05, 0.1) is 17.2 Å². The smallest absolute Gasteiger partial charge is 0.281 e. The van der Waals surface area contributed by atoms with Crippen LogP contribution in [0.2, 0.25) is 0 Å². The molecule has 3 rings (SSSR count). The molecule has 0 radical (unpaired) electrons. The lowest BCUT2D eigenvalue weighted by atomic mass is 10.1. The second-order valence-electron chi connectivity index (χ2n) is 4.29. The molecule has 1 amide bonds. The molecule has 1 N–H and O–H groups in total. The van der Waals surface area contributed by atoms with Gasteiger partial charge in [-0.05, 0) is 18.2 Å². The number of carbonyl (C=O) groups is 1. The molecule has 0 spiro atoms. The number of carbonyl (C=O) groups excluding carboxylic acids is 1. The topological polar surface area (TPSA) is 72.7 Å². The fraction of sp³-hybridized carbons (Fsp3) is 0.0769. The number of anilines is 1. The molecule has 7 heteroatoms. The predicted octanol–water partition coefficient (Wildman–Crippen LogP) is 2.49. The maximum atomic E-state index is 10.9. The van der Waals surface area contributed by atoms with Gasteiger partial charge in [0, 0.05) is 30.6 Å². The van der Waals surface area contributed by atoms with Gasteiger partial charge in [-0.15, -0.1) is 0 Å². The third-order valence-corrected chi connectivity index (χ3v) is 2.92. The molecule has 0 unspecified atom stereocenters. The van der Waals surface area contributed by atoms with Gasteiger partial charge in [-0.1, -0.05) is 12.6 Å². The Morgan fingerprint density at radius 2 is 2.10 bits per heavy atom. The lowest BCUT2D eigenvalue weighted by Gasteiger charge is -2.04. The average molecular weight is 285 g/mol. The molecule has 0 aliphatic carbocycles. The Labute approximate surface area is 120 Å². The summed E-state index contributed by atoms with van der Waals surface area (Å²) in [5.41, 5.74) is 3.35. The maximum absolute atomic E-state index is 10.9. The standard InChI is InChI=1S/C13H11N5OS/c1-18-7-9(6-15-18)8-4-11-10(14-5-8)2-3-12(16-11)17-13(19)20/h2-7H,1H3,(H2,16,17,19,20). The Morgan fingerprint density at radius 3 is 2.80 bits per heavy atom. The SMILES string of the molecule is Cn1cc(-c2cnc3ccc(NC(=O)S)nc3c2)cn1. The van der Waals surface area contributed by atoms with Crippen LogP contribution in [0.3, 0.4) is 0 Å². The van der Waals surface area contributed by atoms with Crippen molar-refractivity contribution >= 4 is 34.7 Å². The van der Waals surface area contributed by atoms with Crippen molar-refractivity contribution in [2.24, 2.45) is 7.05 Å². The highest BCUT2D eigenvalue weighted by molar-refractivity contribution is 7.96. The molecule has 20 heavy (non-hydrogen) atoms. The van der Waals surface area contributed by atoms with Crippen LogP contribution in [0.15, 0.2) is 36.8 Å². The van der Waals surface area contributed by atoms with E-state index < -0.39 is 5.24 Å². The molecule has 0 aromatic carbocycles. The normalized spacial score (nSPS) is 10.7. The van der Waals surface area contributed by atoms with Crippen LogP contribution in [-0.4, -0.2) is 25.0 Å². The fourth-order valence-corrected chi connectivity index (χ4v) is 2.03. The van der Waals surface area contributed by atoms with Gasteiger partial charge in [0.25, 0.3) is 5.24 Å². The van der Waals surface area contributed by atoms with E-state index in [9.17, 15) is 4.79 Å². The molecule has 0 atom stereocenters. The summed E-state index contributed by atoms with van der Waals surface area (Å²) < 4.78 is 1.73. The molecule has 6 nitrogen and oxygen atoms in total. The number of aryl methyl sites for hydroxylation is 1. The summed E-state index contributed by atoms with van der Waals surface area (Å²) in [5.74, 6) is 0.447. The monoisotopic (exact) mass is 285 g/mol. The highest BCUT2D eigenvalue weighted by Gasteiger charge is 2.05. The van der Waals surface area contributed by atoms with Crippen molar-refractivity contribution in [3.8, 4) is 11.1 Å². The third-order valence-electron chi connectivity index (χ3n) is 2.81. The molecule has 100 valence electrons. The first-order chi connectivity index (χ1) is 9.61. The molecule has 0 aliphatic heterocycles. The number of fused-ring (bicyclic) bond motifs is 1. The Morgan fingerprint density at radius 1 is 1.25 bits per heavy atom. The van der Waals surface area contributed by atoms with Gasteiger partial charge in [-0.2, -0.15) is 5.10 Å². The number of amides is 1. The minimum absolute atomic E-state index is 0.447. The quantitative estimate of drug-likeness (QED) is 0.710. The van der Waals surface area contributed by atoms with Crippen LogP contribution in [0.5, 0.6) is 0 Å². The van der Waals surface area contributed by atoms with Crippen LogP contribution in [0.1, 0.15) is 0 Å². The Balaban J connectivity index is 2.06. The summed E-state index contributed by atoms with van der Waals surface area (Å²) in [6.45, 7) is 0. The predicted molar refractivity (Wildman–Crippen MR) is 79.7 cm³/mol. The van der Waals surface area contributed by atoms with E-state index in [1.807, 2.05) is 19.3 Å². The van der Waals surface area contributed by atoms with Crippen molar-refractivity contribution < 1.29 is 4.79 Å². The van der Waals surface area contributed by atoms with E-state index in [0.717, 1.165) is 16.6 Å². The summed E-state index contributed by atoms with van der Waals surface area (Å²) in [6.07, 6.45) is 5.45. The van der Waals surface area contributed by atoms with Crippen molar-refractivity contribution in [2.75, 3.05) is 5.32 Å². The van der Waals surface area contributed by atoms with Crippen LogP contribution in [0.4, 0.5) is 10.6 Å². The van der Waals surface area contributed by atoms with E-state index in [1.165, 1.54) is 0 Å². The van der Waals surface area contributed by atoms with Crippen molar-refractivity contribution in [2.45, 2.75) is 0 Å². The van der Waals surface area contributed by atoms with E-state index >= 15 is 0 Å². The zero-order valence-electron chi connectivity index (χ0n) is 10.6. The molecule has 0 saturated carbocycles. The van der Waals surface area contributed by atoms with Crippen LogP contribution in [-0.2, 0) is 7.05 Å². The minimum Gasteiger partial charge on any atom is -0.302 e. The van der Waals surface area contributed by atoms with E-state index in [-0.39, 0.29) is 0 Å². The Kier molecular flexibility index (Phi) is 3.11. The van der Waals surface area contributed by atoms with E-state index in [4.69, 9.17) is 0 Å². The number of thiol groups is 1. The first-order valence-corrected chi connectivity index (χ1v) is 6.32. The van der Waals surface area contributed by atoms with Gasteiger partial charge in [-0.25, -0.2) is 4.98 Å². The maximum Gasteiger partial charge on any atom is 0.281 e. The largest absolute Gasteiger partial charge is 0.302 e. The van der Waals surface area contributed by atoms with Crippen molar-refractivity contribution in [3.63, 3.8) is 0 Å². The van der Waals surface area contributed by atoms with E-state index in [1.54, 1.807) is 29.2 Å². The molecule has 0 saturated heterocycles. The zero-order valence-corrected chi connectivity index (χ0v) is 11.5. The highest BCUT2D eigenvalue weighted by atomic mass is 32.1. The molecule has 3 heterocycles. The minimum atomic E-state index is -0.451. The second-order valence-corrected chi connectivity index (χ2v) is 4.70. The number of hydrogen-bond acceptors (Lipinski definition) is 4. The summed E-state index contributed by atoms with van der Waals surface area (Å²) in [4.78, 5) is 19.6. The summed E-state index contributed by atoms with van der Waals surface area (Å²) in [5, 5.41) is 6.21. The number of aromatic nitrogens is 4. The number of nitrogens with zero attached hydrogens (tertiary/aromatic N) is 4. The zero-order chi connectivity index (χ0) is 14.1. The number of rotatable bonds is 2. The third kappa shape index (κ3) is 2.48. The van der Waals surface area contributed by atoms with Crippen LogP contribution in [0, 0.1) is 0 Å². The molecule has 3 aromatic rings. The van der Waals surface area contributed by atoms with Crippen molar-refractivity contribution in [1.29, 1.82) is 0 Å². The second kappa shape index (κ2) is 4.93. The molecular weight excluding hydrogens is 274 g/mol. The van der Waals surface area contributed by atoms with Gasteiger partial charge in [-0.3, -0.25) is 14.5 Å². The number of hydrogen-bond donors (Lipinski definition) is 2. The van der Waals surface area contributed by atoms with Crippen LogP contribution < -0.4 is 5.32 Å². The molecule has 0 fully saturated rings. The summed E-state index contributed by atoms with van der Waals surface area (Å²) >= 11 is 3.67. The van der Waals surface area contributed by atoms with Gasteiger partial charge >= 0.3 is 0 Å². The summed E-state index contributed by atoms with van der Waals surface area (Å²) in [6, 6.07) is 5.40. The van der Waals surface area contributed by atoms with Crippen molar-refractivity contribution in [3.05, 3.63) is 36.8 Å². The molecular formula is C13H11N5OS. The van der Waals surface area contributed by atoms with Gasteiger partial charge in [0.15, 0.2) is 0 Å². The molecule has 3 aromatic heterocycles. The lowest BCUT2D eigenvalue weighted by Crippen LogP contribution is -2.03. The number of nitrogens with one attached hydrogen (secondary N) is 1. The van der Waals surface area contributed by atoms with E-state index in [0.29, 0.717) is 11.3 Å². The van der Waals surface area contributed by atoms with Crippen LogP contribution in [0.25, 0.3) is 22.2 Å². The molecule has 0 aliphatic rings. The highest BCUT2D eigenvalue weighted by Crippen LogP contribution is 2.22. The first-order valence-electron chi connectivity index (χ1n) is 5.87. The first kappa shape index (κ1) is 12.6. The Hall–Kier alpha value is -2.41. The number of pyridine rings is 2. The van der Waals surface area contributed by atoms with Gasteiger partial charge in [0.2, 0.25) is 0 Å². The fourth-order valence-electron chi connectivity index (χ4n) is 1.91. The van der Waals surface area contributed by atoms with Gasteiger partial charge < -0.3 is 5.32 Å². The average Bonchev–Trinajstić information content (AvgIpc) is 2.84.